The fourth-order valence-corrected chi connectivity index (χ4v) is 4.04. The SMILES string of the molecule is CNc1cc2sc(N=Nc3cc(OC)c(N(C)C)cc3SOO[O-])nc2cc1C(F)(F)F. The first-order valence-electron chi connectivity index (χ1n) is 8.81. The first-order valence-corrected chi connectivity index (χ1v) is 10.4. The minimum atomic E-state index is -4.53. The van der Waals surface area contributed by atoms with Crippen LogP contribution in [0.1, 0.15) is 5.56 Å². The van der Waals surface area contributed by atoms with E-state index in [1.807, 2.05) is 0 Å². The zero-order valence-corrected chi connectivity index (χ0v) is 18.8. The Kier molecular flexibility index (Phi) is 7.40. The third-order valence-corrected chi connectivity index (χ3v) is 5.76. The predicted octanol–water partition coefficient (Wildman–Crippen LogP) is 5.08. The molecule has 0 radical (unpaired) electrons. The smallest absolute Gasteiger partial charge is 0.418 e. The van der Waals surface area contributed by atoms with E-state index in [9.17, 15) is 18.4 Å². The second-order valence-corrected chi connectivity index (χ2v) is 8.17. The molecule has 0 amide bonds. The normalized spacial score (nSPS) is 12.0. The molecule has 0 bridgehead atoms. The highest BCUT2D eigenvalue weighted by atomic mass is 32.2. The van der Waals surface area contributed by atoms with E-state index in [2.05, 4.69) is 29.9 Å². The van der Waals surface area contributed by atoms with Crippen LogP contribution in [-0.4, -0.2) is 33.2 Å². The van der Waals surface area contributed by atoms with Gasteiger partial charge in [0, 0.05) is 32.9 Å². The van der Waals surface area contributed by atoms with Gasteiger partial charge < -0.3 is 20.2 Å². The van der Waals surface area contributed by atoms with Crippen LogP contribution in [0, 0.1) is 0 Å². The maximum absolute atomic E-state index is 13.3. The number of halogens is 3. The van der Waals surface area contributed by atoms with Crippen molar-refractivity contribution in [2.75, 3.05) is 38.5 Å². The van der Waals surface area contributed by atoms with Crippen molar-refractivity contribution >= 4 is 55.8 Å². The van der Waals surface area contributed by atoms with E-state index < -0.39 is 11.7 Å². The Morgan fingerprint density at radius 2 is 1.94 bits per heavy atom. The van der Waals surface area contributed by atoms with Gasteiger partial charge in [-0.05, 0) is 18.2 Å². The molecule has 0 aliphatic rings. The molecule has 9 nitrogen and oxygen atoms in total. The number of thiazole rings is 1. The van der Waals surface area contributed by atoms with Crippen LogP contribution < -0.4 is 20.2 Å². The number of benzene rings is 2. The van der Waals surface area contributed by atoms with Gasteiger partial charge in [0.1, 0.15) is 11.4 Å². The minimum absolute atomic E-state index is 0.0606. The van der Waals surface area contributed by atoms with Crippen molar-refractivity contribution in [1.82, 2.24) is 4.98 Å². The Bertz CT molecular complexity index is 1140. The van der Waals surface area contributed by atoms with Gasteiger partial charge in [0.15, 0.2) is 0 Å². The van der Waals surface area contributed by atoms with E-state index in [1.54, 1.807) is 31.1 Å². The summed E-state index contributed by atoms with van der Waals surface area (Å²) >= 11 is 1.70. The minimum Gasteiger partial charge on any atom is -0.691 e. The van der Waals surface area contributed by atoms with Crippen molar-refractivity contribution in [2.24, 2.45) is 10.2 Å². The van der Waals surface area contributed by atoms with Gasteiger partial charge in [-0.3, -0.25) is 5.04 Å². The highest BCUT2D eigenvalue weighted by Crippen LogP contribution is 2.42. The molecule has 0 fully saturated rings. The van der Waals surface area contributed by atoms with Crippen LogP contribution >= 0.6 is 23.4 Å². The van der Waals surface area contributed by atoms with E-state index in [1.165, 1.54) is 20.2 Å². The van der Waals surface area contributed by atoms with Crippen LogP contribution in [0.2, 0.25) is 0 Å². The Hall–Kier alpha value is -2.65. The standard InChI is InChI=1S/C18H18F3N5O4S2/c1-22-10-7-15-11(5-9(10)18(19,20)21)23-17(31-15)25-24-12-6-14(28-4)13(26(2)3)8-16(12)32-30-29-27/h5-8,22,27H,1-4H3/p-1. The van der Waals surface area contributed by atoms with Crippen LogP contribution in [0.25, 0.3) is 10.2 Å². The summed E-state index contributed by atoms with van der Waals surface area (Å²) in [7, 11) is 6.50. The van der Waals surface area contributed by atoms with Gasteiger partial charge >= 0.3 is 6.18 Å². The molecular weight excluding hydrogens is 471 g/mol. The van der Waals surface area contributed by atoms with Crippen molar-refractivity contribution in [1.29, 1.82) is 0 Å². The third kappa shape index (κ3) is 5.21. The van der Waals surface area contributed by atoms with Gasteiger partial charge in [-0.15, -0.1) is 10.2 Å². The molecule has 0 aliphatic carbocycles. The number of fused-ring (bicyclic) bond motifs is 1. The van der Waals surface area contributed by atoms with E-state index in [4.69, 9.17) is 4.74 Å². The number of hydrogen-bond acceptors (Lipinski definition) is 11. The molecule has 0 saturated heterocycles. The highest BCUT2D eigenvalue weighted by Gasteiger charge is 2.34. The van der Waals surface area contributed by atoms with Crippen molar-refractivity contribution in [3.05, 3.63) is 29.8 Å². The lowest BCUT2D eigenvalue weighted by Gasteiger charge is -2.18. The summed E-state index contributed by atoms with van der Waals surface area (Å²) in [5, 5.41) is 24.5. The summed E-state index contributed by atoms with van der Waals surface area (Å²) in [6.45, 7) is 0. The number of anilines is 2. The van der Waals surface area contributed by atoms with Crippen molar-refractivity contribution in [3.8, 4) is 5.75 Å². The number of aromatic nitrogens is 1. The summed E-state index contributed by atoms with van der Waals surface area (Å²) in [6, 6.07) is 5.56. The average Bonchev–Trinajstić information content (AvgIpc) is 3.16. The molecule has 2 aromatic carbocycles. The fraction of sp³-hybridized carbons (Fsp3) is 0.278. The van der Waals surface area contributed by atoms with Crippen LogP contribution in [-0.2, 0) is 15.5 Å². The molecule has 0 aliphatic heterocycles. The van der Waals surface area contributed by atoms with E-state index in [-0.39, 0.29) is 22.0 Å². The second kappa shape index (κ2) is 9.87. The number of rotatable bonds is 8. The Morgan fingerprint density at radius 1 is 1.19 bits per heavy atom. The van der Waals surface area contributed by atoms with E-state index in [0.717, 1.165) is 17.4 Å². The maximum atomic E-state index is 13.3. The van der Waals surface area contributed by atoms with Crippen molar-refractivity contribution in [2.45, 2.75) is 11.1 Å². The number of nitrogens with one attached hydrogen (secondary N) is 1. The molecule has 1 heterocycles. The molecule has 0 saturated carbocycles. The number of nitrogens with zero attached hydrogens (tertiary/aromatic N) is 4. The van der Waals surface area contributed by atoms with E-state index >= 15 is 0 Å². The molecule has 0 atom stereocenters. The Morgan fingerprint density at radius 3 is 2.53 bits per heavy atom. The Balaban J connectivity index is 2.02. The molecule has 172 valence electrons. The topological polar surface area (TPSA) is 104 Å². The van der Waals surface area contributed by atoms with Crippen LogP contribution in [0.15, 0.2) is 39.4 Å². The molecule has 0 spiro atoms. The van der Waals surface area contributed by atoms with Crippen LogP contribution in [0.4, 0.5) is 35.4 Å². The number of alkyl halides is 3. The first-order chi connectivity index (χ1) is 15.2. The van der Waals surface area contributed by atoms with Crippen LogP contribution in [0.3, 0.4) is 0 Å². The molecule has 3 aromatic rings. The lowest BCUT2D eigenvalue weighted by molar-refractivity contribution is -0.777. The van der Waals surface area contributed by atoms with E-state index in [0.29, 0.717) is 33.1 Å². The largest absolute Gasteiger partial charge is 0.691 e. The summed E-state index contributed by atoms with van der Waals surface area (Å²) in [5.74, 6) is 0.481. The highest BCUT2D eigenvalue weighted by molar-refractivity contribution is 7.94. The Labute approximate surface area is 188 Å². The van der Waals surface area contributed by atoms with Gasteiger partial charge in [0.05, 0.1) is 45.5 Å². The molecule has 1 N–H and O–H groups in total. The zero-order chi connectivity index (χ0) is 23.5. The molecule has 0 unspecified atom stereocenters. The molecular formula is C18H17F3N5O4S2-. The lowest BCUT2D eigenvalue weighted by Crippen LogP contribution is -2.10. The maximum Gasteiger partial charge on any atom is 0.418 e. The number of azo groups is 1. The lowest BCUT2D eigenvalue weighted by atomic mass is 10.1. The van der Waals surface area contributed by atoms with Gasteiger partial charge in [0.2, 0.25) is 5.13 Å². The zero-order valence-electron chi connectivity index (χ0n) is 17.2. The van der Waals surface area contributed by atoms with Crippen molar-refractivity contribution in [3.63, 3.8) is 0 Å². The number of ether oxygens (including phenoxy) is 1. The summed E-state index contributed by atoms with van der Waals surface area (Å²) < 4.78 is 50.1. The average molecular weight is 488 g/mol. The van der Waals surface area contributed by atoms with Gasteiger partial charge in [-0.25, -0.2) is 4.98 Å². The predicted molar refractivity (Wildman–Crippen MR) is 114 cm³/mol. The molecule has 3 rings (SSSR count). The molecule has 14 heteroatoms. The summed E-state index contributed by atoms with van der Waals surface area (Å²) in [6.07, 6.45) is -4.53. The monoisotopic (exact) mass is 488 g/mol. The second-order valence-electron chi connectivity index (χ2n) is 6.42. The fourth-order valence-electron chi connectivity index (χ4n) is 2.79. The third-order valence-electron chi connectivity index (χ3n) is 4.23. The quantitative estimate of drug-likeness (QED) is 0.203. The summed E-state index contributed by atoms with van der Waals surface area (Å²) in [4.78, 5) is 6.32. The van der Waals surface area contributed by atoms with Gasteiger partial charge in [-0.1, -0.05) is 11.3 Å². The van der Waals surface area contributed by atoms with Gasteiger partial charge in [-0.2, -0.15) is 17.5 Å². The number of hydrogen-bond donors (Lipinski definition) is 1. The molecule has 1 aromatic heterocycles. The first kappa shape index (κ1) is 24.0. The van der Waals surface area contributed by atoms with Crippen molar-refractivity contribution < 1.29 is 32.5 Å². The van der Waals surface area contributed by atoms with Crippen LogP contribution in [0.5, 0.6) is 5.75 Å². The number of methoxy groups -OCH3 is 1. The summed E-state index contributed by atoms with van der Waals surface area (Å²) in [5.41, 5.74) is 0.227. The molecule has 32 heavy (non-hydrogen) atoms. The van der Waals surface area contributed by atoms with Gasteiger partial charge in [0.25, 0.3) is 0 Å².